The average Bonchev–Trinajstić information content (AvgIpc) is 2.78. The summed E-state index contributed by atoms with van der Waals surface area (Å²) in [7, 11) is 0. The zero-order valence-corrected chi connectivity index (χ0v) is 11.0. The molecule has 0 atom stereocenters. The fourth-order valence-electron chi connectivity index (χ4n) is 2.41. The molecule has 0 radical (unpaired) electrons. The summed E-state index contributed by atoms with van der Waals surface area (Å²) in [6, 6.07) is 0.593. The number of hydrogen-bond acceptors (Lipinski definition) is 3. The molecule has 0 saturated heterocycles. The van der Waals surface area contributed by atoms with E-state index < -0.39 is 0 Å². The quantitative estimate of drug-likeness (QED) is 0.854. The van der Waals surface area contributed by atoms with E-state index in [1.165, 1.54) is 32.1 Å². The van der Waals surface area contributed by atoms with Gasteiger partial charge in [-0.3, -0.25) is 0 Å². The lowest BCUT2D eigenvalue weighted by molar-refractivity contribution is 0.324. The number of nitrogens with one attached hydrogen (secondary N) is 1. The second-order valence-electron chi connectivity index (χ2n) is 5.51. The van der Waals surface area contributed by atoms with E-state index in [1.54, 1.807) is 0 Å². The molecule has 0 bridgehead atoms. The van der Waals surface area contributed by atoms with Gasteiger partial charge in [0, 0.05) is 6.54 Å². The van der Waals surface area contributed by atoms with Crippen molar-refractivity contribution >= 4 is 0 Å². The Bertz CT molecular complexity index is 326. The number of hydrogen-bond donors (Lipinski definition) is 1. The second kappa shape index (κ2) is 6.15. The first-order valence-electron chi connectivity index (χ1n) is 6.87. The molecule has 1 aromatic rings. The van der Waals surface area contributed by atoms with Gasteiger partial charge in [-0.05, 0) is 25.3 Å². The summed E-state index contributed by atoms with van der Waals surface area (Å²) >= 11 is 0. The van der Waals surface area contributed by atoms with E-state index >= 15 is 0 Å². The summed E-state index contributed by atoms with van der Waals surface area (Å²) < 4.78 is 2.07. The summed E-state index contributed by atoms with van der Waals surface area (Å²) in [5.41, 5.74) is 1.07. The smallest absolute Gasteiger partial charge is 0.0964 e. The molecule has 1 saturated carbocycles. The van der Waals surface area contributed by atoms with Gasteiger partial charge in [-0.25, -0.2) is 4.68 Å². The standard InChI is InChI=1S/C13H24N4/c1-11(2)8-14-9-12-10-17(16-15-12)13-6-4-3-5-7-13/h10-11,13-14H,3-9H2,1-2H3. The van der Waals surface area contributed by atoms with Crippen molar-refractivity contribution in [2.45, 2.75) is 58.5 Å². The molecule has 1 N–H and O–H groups in total. The third-order valence-electron chi connectivity index (χ3n) is 3.37. The van der Waals surface area contributed by atoms with Crippen LogP contribution in [0.5, 0.6) is 0 Å². The first-order valence-corrected chi connectivity index (χ1v) is 6.87. The monoisotopic (exact) mass is 236 g/mol. The Balaban J connectivity index is 1.82. The molecule has 0 aliphatic heterocycles. The van der Waals surface area contributed by atoms with Crippen molar-refractivity contribution in [3.8, 4) is 0 Å². The van der Waals surface area contributed by atoms with Gasteiger partial charge in [0.2, 0.25) is 0 Å². The van der Waals surface area contributed by atoms with Gasteiger partial charge in [0.05, 0.1) is 17.9 Å². The maximum absolute atomic E-state index is 4.26. The topological polar surface area (TPSA) is 42.7 Å². The van der Waals surface area contributed by atoms with Gasteiger partial charge >= 0.3 is 0 Å². The lowest BCUT2D eigenvalue weighted by atomic mass is 9.96. The van der Waals surface area contributed by atoms with Crippen LogP contribution in [-0.2, 0) is 6.54 Å². The van der Waals surface area contributed by atoms with E-state index in [9.17, 15) is 0 Å². The molecule has 0 spiro atoms. The SMILES string of the molecule is CC(C)CNCc1cn(C2CCCCC2)nn1. The molecule has 0 unspecified atom stereocenters. The molecule has 4 heteroatoms. The Morgan fingerprint density at radius 3 is 2.82 bits per heavy atom. The van der Waals surface area contributed by atoms with Gasteiger partial charge in [-0.15, -0.1) is 5.10 Å². The average molecular weight is 236 g/mol. The normalized spacial score (nSPS) is 17.8. The lowest BCUT2D eigenvalue weighted by Gasteiger charge is -2.20. The molecule has 1 fully saturated rings. The van der Waals surface area contributed by atoms with Crippen LogP contribution in [0.15, 0.2) is 6.20 Å². The maximum Gasteiger partial charge on any atom is 0.0964 e. The van der Waals surface area contributed by atoms with Crippen LogP contribution >= 0.6 is 0 Å². The highest BCUT2D eigenvalue weighted by Gasteiger charge is 2.16. The number of rotatable bonds is 5. The minimum atomic E-state index is 0.593. The molecule has 2 rings (SSSR count). The molecule has 1 aliphatic carbocycles. The predicted octanol–water partition coefficient (Wildman–Crippen LogP) is 2.53. The van der Waals surface area contributed by atoms with Gasteiger partial charge in [0.1, 0.15) is 0 Å². The van der Waals surface area contributed by atoms with Crippen molar-refractivity contribution in [3.63, 3.8) is 0 Å². The van der Waals surface area contributed by atoms with E-state index in [2.05, 4.69) is 40.4 Å². The Kier molecular flexibility index (Phi) is 4.54. The van der Waals surface area contributed by atoms with E-state index in [0.29, 0.717) is 12.0 Å². The molecule has 1 aromatic heterocycles. The Morgan fingerprint density at radius 1 is 1.35 bits per heavy atom. The van der Waals surface area contributed by atoms with Crippen LogP contribution in [0.2, 0.25) is 0 Å². The minimum absolute atomic E-state index is 0.593. The fourth-order valence-corrected chi connectivity index (χ4v) is 2.41. The molecule has 0 aromatic carbocycles. The molecular formula is C13H24N4. The number of nitrogens with zero attached hydrogens (tertiary/aromatic N) is 3. The number of aromatic nitrogens is 3. The van der Waals surface area contributed by atoms with Gasteiger partial charge in [0.15, 0.2) is 0 Å². The zero-order chi connectivity index (χ0) is 12.1. The summed E-state index contributed by atoms with van der Waals surface area (Å²) in [5.74, 6) is 0.684. The maximum atomic E-state index is 4.26. The van der Waals surface area contributed by atoms with E-state index in [-0.39, 0.29) is 0 Å². The van der Waals surface area contributed by atoms with Gasteiger partial charge < -0.3 is 5.32 Å². The summed E-state index contributed by atoms with van der Waals surface area (Å²) in [4.78, 5) is 0. The molecule has 17 heavy (non-hydrogen) atoms. The van der Waals surface area contributed by atoms with Crippen LogP contribution in [-0.4, -0.2) is 21.5 Å². The molecule has 1 aliphatic rings. The van der Waals surface area contributed by atoms with Crippen LogP contribution in [0.3, 0.4) is 0 Å². The zero-order valence-electron chi connectivity index (χ0n) is 11.0. The van der Waals surface area contributed by atoms with Crippen molar-refractivity contribution in [1.82, 2.24) is 20.3 Å². The van der Waals surface area contributed by atoms with Gasteiger partial charge in [-0.2, -0.15) is 0 Å². The highest BCUT2D eigenvalue weighted by Crippen LogP contribution is 2.27. The van der Waals surface area contributed by atoms with E-state index in [0.717, 1.165) is 18.8 Å². The highest BCUT2D eigenvalue weighted by atomic mass is 15.4. The van der Waals surface area contributed by atoms with Crippen molar-refractivity contribution in [3.05, 3.63) is 11.9 Å². The van der Waals surface area contributed by atoms with Crippen molar-refractivity contribution in [2.75, 3.05) is 6.54 Å². The molecular weight excluding hydrogens is 212 g/mol. The van der Waals surface area contributed by atoms with Crippen molar-refractivity contribution in [2.24, 2.45) is 5.92 Å². The third-order valence-corrected chi connectivity index (χ3v) is 3.37. The molecule has 96 valence electrons. The fraction of sp³-hybridized carbons (Fsp3) is 0.846. The van der Waals surface area contributed by atoms with Crippen LogP contribution in [0.1, 0.15) is 57.7 Å². The predicted molar refractivity (Wildman–Crippen MR) is 68.7 cm³/mol. The molecule has 4 nitrogen and oxygen atoms in total. The van der Waals surface area contributed by atoms with Gasteiger partial charge in [-0.1, -0.05) is 38.3 Å². The first-order chi connectivity index (χ1) is 8.25. The summed E-state index contributed by atoms with van der Waals surface area (Å²) in [6.07, 6.45) is 8.71. The van der Waals surface area contributed by atoms with Crippen LogP contribution < -0.4 is 5.32 Å². The van der Waals surface area contributed by atoms with Crippen molar-refractivity contribution < 1.29 is 0 Å². The Labute approximate surface area is 104 Å². The van der Waals surface area contributed by atoms with E-state index in [4.69, 9.17) is 0 Å². The van der Waals surface area contributed by atoms with Gasteiger partial charge in [0.25, 0.3) is 0 Å². The van der Waals surface area contributed by atoms with Crippen LogP contribution in [0.25, 0.3) is 0 Å². The first kappa shape index (κ1) is 12.6. The van der Waals surface area contributed by atoms with Crippen LogP contribution in [0, 0.1) is 5.92 Å². The third kappa shape index (κ3) is 3.80. The summed E-state index contributed by atoms with van der Waals surface area (Å²) in [6.45, 7) is 6.30. The van der Waals surface area contributed by atoms with E-state index in [1.807, 2.05) is 0 Å². The largest absolute Gasteiger partial charge is 0.311 e. The highest BCUT2D eigenvalue weighted by molar-refractivity contribution is 4.93. The van der Waals surface area contributed by atoms with Crippen molar-refractivity contribution in [1.29, 1.82) is 0 Å². The molecule has 1 heterocycles. The Hall–Kier alpha value is -0.900. The Morgan fingerprint density at radius 2 is 2.12 bits per heavy atom. The minimum Gasteiger partial charge on any atom is -0.311 e. The molecule has 0 amide bonds. The lowest BCUT2D eigenvalue weighted by Crippen LogP contribution is -2.19. The second-order valence-corrected chi connectivity index (χ2v) is 5.51. The summed E-state index contributed by atoms with van der Waals surface area (Å²) in [5, 5.41) is 11.9. The van der Waals surface area contributed by atoms with Crippen LogP contribution in [0.4, 0.5) is 0 Å².